The van der Waals surface area contributed by atoms with Gasteiger partial charge in [0.05, 0.1) is 0 Å². The summed E-state index contributed by atoms with van der Waals surface area (Å²) >= 11 is 0. The van der Waals surface area contributed by atoms with Gasteiger partial charge < -0.3 is 9.32 Å². The van der Waals surface area contributed by atoms with Gasteiger partial charge in [0.1, 0.15) is 11.2 Å². The monoisotopic (exact) mass is 742 g/mol. The molecule has 11 rings (SSSR count). The van der Waals surface area contributed by atoms with Crippen LogP contribution in [0.25, 0.3) is 88.8 Å². The molecule has 0 unspecified atom stereocenters. The number of furan rings is 1. The molecule has 0 saturated heterocycles. The third kappa shape index (κ3) is 5.94. The van der Waals surface area contributed by atoms with Crippen LogP contribution in [0.4, 0.5) is 17.1 Å². The van der Waals surface area contributed by atoms with Crippen molar-refractivity contribution in [3.63, 3.8) is 0 Å². The number of aromatic nitrogens is 3. The first-order valence-corrected chi connectivity index (χ1v) is 19.4. The second kappa shape index (κ2) is 14.0. The number of benzene rings is 9. The van der Waals surface area contributed by atoms with Crippen LogP contribution in [0.1, 0.15) is 0 Å². The van der Waals surface area contributed by atoms with Crippen LogP contribution in [0.3, 0.4) is 0 Å². The van der Waals surface area contributed by atoms with Crippen LogP contribution in [-0.4, -0.2) is 15.0 Å². The number of fused-ring (bicyclic) bond motifs is 6. The minimum atomic E-state index is 0.606. The van der Waals surface area contributed by atoms with Crippen molar-refractivity contribution in [3.8, 4) is 45.3 Å². The van der Waals surface area contributed by atoms with Gasteiger partial charge in [0.2, 0.25) is 0 Å². The average molecular weight is 743 g/mol. The summed E-state index contributed by atoms with van der Waals surface area (Å²) in [5, 5.41) is 6.66. The van der Waals surface area contributed by atoms with Gasteiger partial charge >= 0.3 is 0 Å². The van der Waals surface area contributed by atoms with Crippen molar-refractivity contribution >= 4 is 60.5 Å². The predicted molar refractivity (Wildman–Crippen MR) is 239 cm³/mol. The van der Waals surface area contributed by atoms with Crippen molar-refractivity contribution in [2.24, 2.45) is 0 Å². The van der Waals surface area contributed by atoms with Gasteiger partial charge in [-0.2, -0.15) is 0 Å². The van der Waals surface area contributed by atoms with Gasteiger partial charge in [-0.15, -0.1) is 0 Å². The van der Waals surface area contributed by atoms with Crippen LogP contribution in [0.5, 0.6) is 0 Å². The number of hydrogen-bond donors (Lipinski definition) is 0. The largest absolute Gasteiger partial charge is 0.455 e. The summed E-state index contributed by atoms with van der Waals surface area (Å²) in [4.78, 5) is 17.4. The molecule has 58 heavy (non-hydrogen) atoms. The van der Waals surface area contributed by atoms with Gasteiger partial charge in [0.15, 0.2) is 17.5 Å². The highest BCUT2D eigenvalue weighted by molar-refractivity contribution is 6.19. The Labute approximate surface area is 335 Å². The van der Waals surface area contributed by atoms with E-state index < -0.39 is 0 Å². The molecule has 0 aliphatic carbocycles. The van der Waals surface area contributed by atoms with E-state index in [1.807, 2.05) is 72.8 Å². The highest BCUT2D eigenvalue weighted by atomic mass is 16.3. The van der Waals surface area contributed by atoms with Gasteiger partial charge in [0, 0.05) is 49.9 Å². The van der Waals surface area contributed by atoms with Crippen LogP contribution in [0, 0.1) is 0 Å². The Bertz CT molecular complexity index is 3210. The van der Waals surface area contributed by atoms with E-state index in [0.717, 1.165) is 77.6 Å². The van der Waals surface area contributed by atoms with E-state index in [1.165, 1.54) is 10.8 Å². The molecule has 0 bridgehead atoms. The molecule has 0 spiro atoms. The van der Waals surface area contributed by atoms with Crippen molar-refractivity contribution in [3.05, 3.63) is 206 Å². The lowest BCUT2D eigenvalue weighted by molar-refractivity contribution is 0.672. The zero-order valence-corrected chi connectivity index (χ0v) is 31.3. The zero-order valence-electron chi connectivity index (χ0n) is 31.3. The SMILES string of the molecule is c1ccc(-c2nc(-c3ccccc3)nc(-c3ccc4c(c3)c(-c3ccc(N(c5ccccc5)c5ccc6ccccc6c5)cc3)cc3c5ccccc5oc43)n2)cc1. The Morgan fingerprint density at radius 1 is 0.328 bits per heavy atom. The van der Waals surface area contributed by atoms with Crippen molar-refractivity contribution in [1.29, 1.82) is 0 Å². The number of rotatable bonds is 7. The minimum absolute atomic E-state index is 0.606. The van der Waals surface area contributed by atoms with Crippen LogP contribution in [0.2, 0.25) is 0 Å². The van der Waals surface area contributed by atoms with Gasteiger partial charge in [-0.3, -0.25) is 0 Å². The molecule has 5 nitrogen and oxygen atoms in total. The maximum absolute atomic E-state index is 6.59. The van der Waals surface area contributed by atoms with Gasteiger partial charge in [0.25, 0.3) is 0 Å². The Balaban J connectivity index is 1.09. The highest BCUT2D eigenvalue weighted by Crippen LogP contribution is 2.43. The first-order chi connectivity index (χ1) is 28.7. The fraction of sp³-hybridized carbons (Fsp3) is 0. The predicted octanol–water partition coefficient (Wildman–Crippen LogP) is 14.2. The van der Waals surface area contributed by atoms with E-state index in [1.54, 1.807) is 0 Å². The van der Waals surface area contributed by atoms with E-state index in [2.05, 4.69) is 138 Å². The molecule has 0 radical (unpaired) electrons. The summed E-state index contributed by atoms with van der Waals surface area (Å²) in [6.45, 7) is 0. The summed E-state index contributed by atoms with van der Waals surface area (Å²) in [7, 11) is 0. The average Bonchev–Trinajstić information content (AvgIpc) is 3.68. The quantitative estimate of drug-likeness (QED) is 0.163. The minimum Gasteiger partial charge on any atom is -0.455 e. The van der Waals surface area contributed by atoms with Gasteiger partial charge in [-0.25, -0.2) is 15.0 Å². The van der Waals surface area contributed by atoms with E-state index >= 15 is 0 Å². The molecule has 0 aliphatic rings. The third-order valence-corrected chi connectivity index (χ3v) is 10.9. The second-order valence-electron chi connectivity index (χ2n) is 14.4. The number of anilines is 3. The molecule has 0 fully saturated rings. The van der Waals surface area contributed by atoms with Crippen molar-refractivity contribution < 1.29 is 4.42 Å². The molecule has 272 valence electrons. The van der Waals surface area contributed by atoms with Gasteiger partial charge in [-0.05, 0) is 87.9 Å². The molecule has 5 heteroatoms. The van der Waals surface area contributed by atoms with E-state index in [9.17, 15) is 0 Å². The normalized spacial score (nSPS) is 11.4. The molecule has 0 saturated carbocycles. The fourth-order valence-electron chi connectivity index (χ4n) is 8.04. The van der Waals surface area contributed by atoms with Crippen LogP contribution >= 0.6 is 0 Å². The smallest absolute Gasteiger partial charge is 0.164 e. The third-order valence-electron chi connectivity index (χ3n) is 10.9. The van der Waals surface area contributed by atoms with Crippen LogP contribution in [-0.2, 0) is 0 Å². The molecule has 9 aromatic carbocycles. The van der Waals surface area contributed by atoms with Crippen LogP contribution in [0.15, 0.2) is 211 Å². The Morgan fingerprint density at radius 3 is 1.59 bits per heavy atom. The fourth-order valence-corrected chi connectivity index (χ4v) is 8.04. The molecule has 2 heterocycles. The van der Waals surface area contributed by atoms with Crippen molar-refractivity contribution in [2.75, 3.05) is 4.90 Å². The molecule has 0 amide bonds. The molecule has 2 aromatic heterocycles. The molecular weight excluding hydrogens is 709 g/mol. The first kappa shape index (κ1) is 33.4. The molecule has 0 atom stereocenters. The highest BCUT2D eigenvalue weighted by Gasteiger charge is 2.19. The van der Waals surface area contributed by atoms with Crippen molar-refractivity contribution in [2.45, 2.75) is 0 Å². The topological polar surface area (TPSA) is 55.1 Å². The maximum Gasteiger partial charge on any atom is 0.164 e. The lowest BCUT2D eigenvalue weighted by Crippen LogP contribution is -2.09. The Hall–Kier alpha value is -7.89. The summed E-state index contributed by atoms with van der Waals surface area (Å²) in [6, 6.07) is 71.8. The molecule has 0 aliphatic heterocycles. The number of para-hydroxylation sites is 2. The summed E-state index contributed by atoms with van der Waals surface area (Å²) in [6.07, 6.45) is 0. The van der Waals surface area contributed by atoms with E-state index in [0.29, 0.717) is 17.5 Å². The van der Waals surface area contributed by atoms with Crippen LogP contribution < -0.4 is 4.90 Å². The zero-order chi connectivity index (χ0) is 38.4. The van der Waals surface area contributed by atoms with E-state index in [-0.39, 0.29) is 0 Å². The summed E-state index contributed by atoms with van der Waals surface area (Å²) in [5.74, 6) is 1.86. The first-order valence-electron chi connectivity index (χ1n) is 19.4. The summed E-state index contributed by atoms with van der Waals surface area (Å²) < 4.78 is 6.59. The Kier molecular flexibility index (Phi) is 8.07. The van der Waals surface area contributed by atoms with E-state index in [4.69, 9.17) is 19.4 Å². The second-order valence-corrected chi connectivity index (χ2v) is 14.4. The number of hydrogen-bond acceptors (Lipinski definition) is 5. The molecule has 0 N–H and O–H groups in total. The van der Waals surface area contributed by atoms with Crippen molar-refractivity contribution in [1.82, 2.24) is 15.0 Å². The molecular formula is C53H34N4O. The maximum atomic E-state index is 6.59. The number of nitrogens with zero attached hydrogens (tertiary/aromatic N) is 4. The molecule has 11 aromatic rings. The van der Waals surface area contributed by atoms with Gasteiger partial charge in [-0.1, -0.05) is 146 Å². The Morgan fingerprint density at radius 2 is 0.879 bits per heavy atom. The lowest BCUT2D eigenvalue weighted by atomic mass is 9.93. The summed E-state index contributed by atoms with van der Waals surface area (Å²) in [5.41, 5.74) is 9.93. The lowest BCUT2D eigenvalue weighted by Gasteiger charge is -2.26. The standard InChI is InChI=1S/C53H34N4O/c1-4-15-37(16-5-1)51-54-52(38-17-6-2-7-18-38)56-53(55-51)40-27-31-45-47(33-40)46(34-48-44-22-12-13-23-49(44)58-50(45)48)36-25-28-42(29-26-36)57(41-20-8-3-9-21-41)43-30-24-35-14-10-11-19-39(35)32-43/h1-34H.